The van der Waals surface area contributed by atoms with E-state index in [0.29, 0.717) is 18.5 Å². The summed E-state index contributed by atoms with van der Waals surface area (Å²) in [6, 6.07) is 0.421. The summed E-state index contributed by atoms with van der Waals surface area (Å²) in [5.74, 6) is 1.28. The Hall–Kier alpha value is -1.63. The molecular weight excluding hydrogens is 270 g/mol. The first-order chi connectivity index (χ1) is 10.3. The normalized spacial score (nSPS) is 21.5. The molecule has 1 N–H and O–H groups in total. The van der Waals surface area contributed by atoms with Crippen molar-refractivity contribution in [2.45, 2.75) is 45.3 Å². The minimum atomic E-state index is 0.00931. The van der Waals surface area contributed by atoms with Gasteiger partial charge < -0.3 is 19.5 Å². The number of hydrogen-bond donors (Lipinski definition) is 1. The van der Waals surface area contributed by atoms with Gasteiger partial charge in [-0.1, -0.05) is 0 Å². The quantitative estimate of drug-likeness (QED) is 0.849. The van der Waals surface area contributed by atoms with Gasteiger partial charge in [0.2, 0.25) is 0 Å². The summed E-state index contributed by atoms with van der Waals surface area (Å²) in [5, 5.41) is 10.9. The molecule has 2 aliphatic rings. The zero-order valence-corrected chi connectivity index (χ0v) is 12.5. The summed E-state index contributed by atoms with van der Waals surface area (Å²) >= 11 is 0. The topological polar surface area (TPSA) is 72.3 Å². The fraction of sp³-hybridized carbons (Fsp3) is 0.786. The van der Waals surface area contributed by atoms with Crippen LogP contribution in [0.3, 0.4) is 0 Å². The van der Waals surface area contributed by atoms with Crippen LogP contribution in [0.4, 0.5) is 4.79 Å². The van der Waals surface area contributed by atoms with Crippen LogP contribution in [0.2, 0.25) is 0 Å². The molecule has 0 unspecified atom stereocenters. The monoisotopic (exact) mass is 293 g/mol. The Morgan fingerprint density at radius 2 is 2.38 bits per heavy atom. The molecule has 2 fully saturated rings. The van der Waals surface area contributed by atoms with E-state index >= 15 is 0 Å². The van der Waals surface area contributed by atoms with E-state index in [0.717, 1.165) is 51.4 Å². The Morgan fingerprint density at radius 3 is 3.05 bits per heavy atom. The Bertz CT molecular complexity index is 479. The predicted octanol–water partition coefficient (Wildman–Crippen LogP) is 1.01. The highest BCUT2D eigenvalue weighted by atomic mass is 16.5. The Kier molecular flexibility index (Phi) is 4.38. The second-order valence-corrected chi connectivity index (χ2v) is 5.81. The van der Waals surface area contributed by atoms with Crippen molar-refractivity contribution < 1.29 is 9.53 Å². The third-order valence-electron chi connectivity index (χ3n) is 4.16. The van der Waals surface area contributed by atoms with E-state index in [1.54, 1.807) is 6.33 Å². The van der Waals surface area contributed by atoms with Gasteiger partial charge in [0, 0.05) is 31.7 Å². The van der Waals surface area contributed by atoms with Gasteiger partial charge in [0.1, 0.15) is 6.33 Å². The van der Waals surface area contributed by atoms with Crippen molar-refractivity contribution in [2.75, 3.05) is 19.8 Å². The van der Waals surface area contributed by atoms with Crippen molar-refractivity contribution in [2.24, 2.45) is 5.92 Å². The molecule has 2 heterocycles. The summed E-state index contributed by atoms with van der Waals surface area (Å²) in [6.07, 6.45) is 4.98. The van der Waals surface area contributed by atoms with E-state index in [1.807, 2.05) is 16.4 Å². The number of aromatic nitrogens is 3. The number of carbonyl (C=O) groups is 1. The summed E-state index contributed by atoms with van der Waals surface area (Å²) in [4.78, 5) is 14.4. The Labute approximate surface area is 124 Å². The van der Waals surface area contributed by atoms with Gasteiger partial charge in [0.05, 0.1) is 13.2 Å². The molecule has 1 aliphatic heterocycles. The van der Waals surface area contributed by atoms with Crippen molar-refractivity contribution in [1.82, 2.24) is 25.0 Å². The third-order valence-corrected chi connectivity index (χ3v) is 4.16. The van der Waals surface area contributed by atoms with Gasteiger partial charge in [-0.3, -0.25) is 0 Å². The second-order valence-electron chi connectivity index (χ2n) is 5.81. The van der Waals surface area contributed by atoms with Crippen molar-refractivity contribution in [3.63, 3.8) is 0 Å². The van der Waals surface area contributed by atoms with Crippen LogP contribution in [0.15, 0.2) is 6.33 Å². The fourth-order valence-corrected chi connectivity index (χ4v) is 2.73. The van der Waals surface area contributed by atoms with Gasteiger partial charge in [0.15, 0.2) is 5.82 Å². The first kappa shape index (κ1) is 14.3. The van der Waals surface area contributed by atoms with E-state index in [4.69, 9.17) is 4.74 Å². The number of ether oxygens (including phenoxy) is 1. The molecule has 0 spiro atoms. The highest BCUT2D eigenvalue weighted by Crippen LogP contribution is 2.29. The average Bonchev–Trinajstić information content (AvgIpc) is 3.03. The first-order valence-electron chi connectivity index (χ1n) is 7.76. The number of carbonyl (C=O) groups excluding carboxylic acids is 1. The molecule has 0 bridgehead atoms. The molecule has 116 valence electrons. The number of nitrogens with zero attached hydrogens (tertiary/aromatic N) is 4. The molecule has 1 aromatic rings. The van der Waals surface area contributed by atoms with Gasteiger partial charge in [-0.05, 0) is 26.2 Å². The molecule has 1 aromatic heterocycles. The molecule has 1 saturated heterocycles. The summed E-state index contributed by atoms with van der Waals surface area (Å²) in [5.41, 5.74) is 0. The van der Waals surface area contributed by atoms with Crippen LogP contribution in [-0.2, 0) is 17.8 Å². The zero-order chi connectivity index (χ0) is 14.7. The van der Waals surface area contributed by atoms with Crippen LogP contribution in [0.1, 0.15) is 32.0 Å². The van der Waals surface area contributed by atoms with E-state index in [9.17, 15) is 4.79 Å². The zero-order valence-electron chi connectivity index (χ0n) is 12.5. The number of nitrogens with one attached hydrogen (secondary N) is 1. The van der Waals surface area contributed by atoms with Gasteiger partial charge in [-0.2, -0.15) is 0 Å². The average molecular weight is 293 g/mol. The SMILES string of the molecule is CCn1cnnc1CNC(=O)N(C[C@@H]1CCOC1)C1CC1. The van der Waals surface area contributed by atoms with E-state index in [1.165, 1.54) is 0 Å². The van der Waals surface area contributed by atoms with Gasteiger partial charge >= 0.3 is 6.03 Å². The van der Waals surface area contributed by atoms with Crippen molar-refractivity contribution >= 4 is 6.03 Å². The van der Waals surface area contributed by atoms with Crippen molar-refractivity contribution in [3.05, 3.63) is 12.2 Å². The molecule has 21 heavy (non-hydrogen) atoms. The lowest BCUT2D eigenvalue weighted by Gasteiger charge is -2.25. The lowest BCUT2D eigenvalue weighted by Crippen LogP contribution is -2.44. The van der Waals surface area contributed by atoms with Crippen LogP contribution < -0.4 is 5.32 Å². The molecule has 1 aliphatic carbocycles. The summed E-state index contributed by atoms with van der Waals surface area (Å²) < 4.78 is 7.34. The number of hydrogen-bond acceptors (Lipinski definition) is 4. The molecule has 7 nitrogen and oxygen atoms in total. The van der Waals surface area contributed by atoms with Crippen molar-refractivity contribution in [1.29, 1.82) is 0 Å². The molecule has 2 amide bonds. The molecular formula is C14H23N5O2. The fourth-order valence-electron chi connectivity index (χ4n) is 2.73. The molecule has 3 rings (SSSR count). The third kappa shape index (κ3) is 3.53. The van der Waals surface area contributed by atoms with Crippen molar-refractivity contribution in [3.8, 4) is 0 Å². The highest BCUT2D eigenvalue weighted by molar-refractivity contribution is 5.74. The molecule has 0 radical (unpaired) electrons. The van der Waals surface area contributed by atoms with Crippen LogP contribution in [0, 0.1) is 5.92 Å². The van der Waals surface area contributed by atoms with Crippen LogP contribution in [-0.4, -0.2) is 51.5 Å². The second kappa shape index (κ2) is 6.43. The molecule has 0 aromatic carbocycles. The largest absolute Gasteiger partial charge is 0.381 e. The maximum Gasteiger partial charge on any atom is 0.318 e. The Morgan fingerprint density at radius 1 is 1.52 bits per heavy atom. The molecule has 1 atom stereocenters. The van der Waals surface area contributed by atoms with Crippen LogP contribution >= 0.6 is 0 Å². The number of aryl methyl sites for hydroxylation is 1. The van der Waals surface area contributed by atoms with E-state index < -0.39 is 0 Å². The lowest BCUT2D eigenvalue weighted by molar-refractivity contribution is 0.162. The van der Waals surface area contributed by atoms with Gasteiger partial charge in [0.25, 0.3) is 0 Å². The van der Waals surface area contributed by atoms with E-state index in [2.05, 4.69) is 15.5 Å². The standard InChI is InChI=1S/C14H23N5O2/c1-2-18-10-16-17-13(18)7-15-14(20)19(12-3-4-12)8-11-5-6-21-9-11/h10-12H,2-9H2,1H3,(H,15,20)/t11-/m0/s1. The van der Waals surface area contributed by atoms with Gasteiger partial charge in [-0.15, -0.1) is 10.2 Å². The maximum absolute atomic E-state index is 12.4. The molecule has 1 saturated carbocycles. The Balaban J connectivity index is 1.54. The summed E-state index contributed by atoms with van der Waals surface area (Å²) in [6.45, 7) is 5.67. The smallest absolute Gasteiger partial charge is 0.318 e. The first-order valence-corrected chi connectivity index (χ1v) is 7.76. The highest BCUT2D eigenvalue weighted by Gasteiger charge is 2.34. The van der Waals surface area contributed by atoms with Crippen LogP contribution in [0.5, 0.6) is 0 Å². The van der Waals surface area contributed by atoms with Gasteiger partial charge in [-0.25, -0.2) is 4.79 Å². The lowest BCUT2D eigenvalue weighted by atomic mass is 10.1. The minimum Gasteiger partial charge on any atom is -0.381 e. The van der Waals surface area contributed by atoms with E-state index in [-0.39, 0.29) is 6.03 Å². The predicted molar refractivity (Wildman–Crippen MR) is 76.6 cm³/mol. The minimum absolute atomic E-state index is 0.00931. The maximum atomic E-state index is 12.4. The number of amides is 2. The number of urea groups is 1. The number of rotatable bonds is 6. The molecule has 7 heteroatoms. The van der Waals surface area contributed by atoms with Crippen LogP contribution in [0.25, 0.3) is 0 Å². The summed E-state index contributed by atoms with van der Waals surface area (Å²) in [7, 11) is 0.